The Hall–Kier alpha value is -0.660. The van der Waals surface area contributed by atoms with Crippen LogP contribution in [0.15, 0.2) is 0 Å². The number of fused-ring (bicyclic) bond motifs is 2. The molecule has 2 heteroatoms. The van der Waals surface area contributed by atoms with Crippen LogP contribution in [-0.4, -0.2) is 11.6 Å². The van der Waals surface area contributed by atoms with Crippen molar-refractivity contribution in [1.29, 1.82) is 0 Å². The topological polar surface area (TPSA) is 34.1 Å². The van der Waals surface area contributed by atoms with Crippen molar-refractivity contribution in [2.24, 2.45) is 28.1 Å². The molecule has 0 aromatic carbocycles. The summed E-state index contributed by atoms with van der Waals surface area (Å²) in [5, 5.41) is 0. The van der Waals surface area contributed by atoms with E-state index in [-0.39, 0.29) is 34.2 Å². The summed E-state index contributed by atoms with van der Waals surface area (Å²) in [5.74, 6) is 0.262. The molecule has 2 saturated carbocycles. The van der Waals surface area contributed by atoms with E-state index in [1.54, 1.807) is 0 Å². The number of Topliss-reactive ketones (excluding diaryl/α,β-unsaturated/α-hetero) is 2. The maximum atomic E-state index is 12.6. The first-order chi connectivity index (χ1) is 7.53. The zero-order valence-corrected chi connectivity index (χ0v) is 11.9. The summed E-state index contributed by atoms with van der Waals surface area (Å²) in [6.45, 7) is 12.2. The lowest BCUT2D eigenvalue weighted by atomic mass is 9.70. The molecular formula is C15H24O2. The van der Waals surface area contributed by atoms with E-state index in [2.05, 4.69) is 20.8 Å². The van der Waals surface area contributed by atoms with Crippen molar-refractivity contribution in [3.05, 3.63) is 0 Å². The van der Waals surface area contributed by atoms with Gasteiger partial charge in [-0.25, -0.2) is 0 Å². The predicted octanol–water partition coefficient (Wildman–Crippen LogP) is 3.24. The second-order valence-electron chi connectivity index (χ2n) is 7.66. The summed E-state index contributed by atoms with van der Waals surface area (Å²) in [7, 11) is 0. The molecule has 2 aliphatic rings. The molecule has 0 amide bonds. The van der Waals surface area contributed by atoms with Gasteiger partial charge in [0.1, 0.15) is 11.6 Å². The van der Waals surface area contributed by atoms with Crippen molar-refractivity contribution >= 4 is 11.6 Å². The monoisotopic (exact) mass is 236 g/mol. The highest BCUT2D eigenvalue weighted by molar-refractivity contribution is 6.09. The van der Waals surface area contributed by atoms with Crippen LogP contribution in [0.5, 0.6) is 0 Å². The third kappa shape index (κ3) is 1.39. The fourth-order valence-corrected chi connectivity index (χ4v) is 3.85. The van der Waals surface area contributed by atoms with Gasteiger partial charge >= 0.3 is 0 Å². The maximum Gasteiger partial charge on any atom is 0.150 e. The molecule has 2 aliphatic carbocycles. The molecule has 2 fully saturated rings. The van der Waals surface area contributed by atoms with Crippen LogP contribution in [0, 0.1) is 28.1 Å². The third-order valence-electron chi connectivity index (χ3n) is 5.55. The van der Waals surface area contributed by atoms with Gasteiger partial charge in [-0.15, -0.1) is 0 Å². The zero-order valence-electron chi connectivity index (χ0n) is 11.9. The lowest BCUT2D eigenvalue weighted by Crippen LogP contribution is -2.39. The Labute approximate surface area is 104 Å². The van der Waals surface area contributed by atoms with Crippen LogP contribution in [0.3, 0.4) is 0 Å². The highest BCUT2D eigenvalue weighted by Gasteiger charge is 2.68. The Bertz CT molecular complexity index is 386. The molecule has 3 atom stereocenters. The van der Waals surface area contributed by atoms with E-state index in [0.29, 0.717) is 0 Å². The molecule has 0 spiro atoms. The fourth-order valence-electron chi connectivity index (χ4n) is 3.85. The number of rotatable bonds is 1. The molecule has 2 bridgehead atoms. The molecule has 17 heavy (non-hydrogen) atoms. The lowest BCUT2D eigenvalue weighted by Gasteiger charge is -2.32. The van der Waals surface area contributed by atoms with Crippen molar-refractivity contribution in [2.75, 3.05) is 0 Å². The first-order valence-corrected chi connectivity index (χ1v) is 6.62. The molecule has 0 saturated heterocycles. The van der Waals surface area contributed by atoms with Gasteiger partial charge in [-0.05, 0) is 24.2 Å². The number of hydrogen-bond donors (Lipinski definition) is 0. The van der Waals surface area contributed by atoms with Crippen LogP contribution in [0.25, 0.3) is 0 Å². The lowest BCUT2D eigenvalue weighted by molar-refractivity contribution is -0.141. The minimum atomic E-state index is -0.406. The highest BCUT2D eigenvalue weighted by atomic mass is 16.2. The molecule has 2 nitrogen and oxygen atoms in total. The standard InChI is InChI=1S/C15H24O2/c1-13(2,3)11(16)10-9-7-8-15(6,12(10)17)14(9,4)5/h9-10H,7-8H2,1-6H3. The second kappa shape index (κ2) is 3.21. The van der Waals surface area contributed by atoms with E-state index in [1.807, 2.05) is 20.8 Å². The summed E-state index contributed by atoms with van der Waals surface area (Å²) >= 11 is 0. The zero-order chi connectivity index (χ0) is 13.2. The van der Waals surface area contributed by atoms with E-state index in [9.17, 15) is 9.59 Å². The minimum Gasteiger partial charge on any atom is -0.298 e. The SMILES string of the molecule is CC(C)(C)C(=O)C1C(=O)C2(C)CCC1C2(C)C. The fraction of sp³-hybridized carbons (Fsp3) is 0.867. The van der Waals surface area contributed by atoms with E-state index >= 15 is 0 Å². The Kier molecular flexibility index (Phi) is 2.42. The van der Waals surface area contributed by atoms with Crippen LogP contribution in [0.2, 0.25) is 0 Å². The van der Waals surface area contributed by atoms with E-state index in [0.717, 1.165) is 12.8 Å². The summed E-state index contributed by atoms with van der Waals surface area (Å²) in [4.78, 5) is 25.0. The average molecular weight is 236 g/mol. The van der Waals surface area contributed by atoms with Crippen molar-refractivity contribution in [1.82, 2.24) is 0 Å². The van der Waals surface area contributed by atoms with Gasteiger partial charge in [-0.2, -0.15) is 0 Å². The number of ketones is 2. The normalized spacial score (nSPS) is 39.8. The van der Waals surface area contributed by atoms with Gasteiger partial charge in [-0.3, -0.25) is 9.59 Å². The number of hydrogen-bond acceptors (Lipinski definition) is 2. The summed E-state index contributed by atoms with van der Waals surface area (Å²) in [6, 6.07) is 0. The van der Waals surface area contributed by atoms with Crippen LogP contribution in [-0.2, 0) is 9.59 Å². The summed E-state index contributed by atoms with van der Waals surface area (Å²) in [6.07, 6.45) is 1.99. The predicted molar refractivity (Wildman–Crippen MR) is 67.6 cm³/mol. The van der Waals surface area contributed by atoms with E-state index < -0.39 is 5.41 Å². The quantitative estimate of drug-likeness (QED) is 0.655. The van der Waals surface area contributed by atoms with Crippen LogP contribution in [0.4, 0.5) is 0 Å². The van der Waals surface area contributed by atoms with Gasteiger partial charge < -0.3 is 0 Å². The Balaban J connectivity index is 2.42. The molecule has 0 aromatic rings. The van der Waals surface area contributed by atoms with Gasteiger partial charge in [-0.1, -0.05) is 41.5 Å². The summed E-state index contributed by atoms with van der Waals surface area (Å²) < 4.78 is 0. The van der Waals surface area contributed by atoms with Gasteiger partial charge in [0.15, 0.2) is 0 Å². The molecular weight excluding hydrogens is 212 g/mol. The Morgan fingerprint density at radius 3 is 2.12 bits per heavy atom. The van der Waals surface area contributed by atoms with Gasteiger partial charge in [0.25, 0.3) is 0 Å². The van der Waals surface area contributed by atoms with Crippen LogP contribution in [0.1, 0.15) is 54.4 Å². The van der Waals surface area contributed by atoms with Crippen molar-refractivity contribution in [3.8, 4) is 0 Å². The number of carbonyl (C=O) groups is 2. The van der Waals surface area contributed by atoms with E-state index in [1.165, 1.54) is 0 Å². The average Bonchev–Trinajstić information content (AvgIpc) is 2.47. The van der Waals surface area contributed by atoms with Crippen molar-refractivity contribution in [2.45, 2.75) is 54.4 Å². The Morgan fingerprint density at radius 2 is 1.76 bits per heavy atom. The minimum absolute atomic E-state index is 0.0182. The van der Waals surface area contributed by atoms with Gasteiger partial charge in [0.05, 0.1) is 5.92 Å². The molecule has 0 N–H and O–H groups in total. The molecule has 2 rings (SSSR count). The molecule has 0 heterocycles. The molecule has 3 unspecified atom stereocenters. The largest absolute Gasteiger partial charge is 0.298 e. The van der Waals surface area contributed by atoms with E-state index in [4.69, 9.17) is 0 Å². The third-order valence-corrected chi connectivity index (χ3v) is 5.55. The molecule has 96 valence electrons. The first-order valence-electron chi connectivity index (χ1n) is 6.62. The van der Waals surface area contributed by atoms with Gasteiger partial charge in [0.2, 0.25) is 0 Å². The smallest absolute Gasteiger partial charge is 0.150 e. The van der Waals surface area contributed by atoms with Crippen LogP contribution >= 0.6 is 0 Å². The van der Waals surface area contributed by atoms with Crippen molar-refractivity contribution in [3.63, 3.8) is 0 Å². The molecule has 0 radical (unpaired) electrons. The molecule has 0 aliphatic heterocycles. The highest BCUT2D eigenvalue weighted by Crippen LogP contribution is 2.66. The maximum absolute atomic E-state index is 12.6. The second-order valence-corrected chi connectivity index (χ2v) is 7.66. The first kappa shape index (κ1) is 12.8. The van der Waals surface area contributed by atoms with Crippen LogP contribution < -0.4 is 0 Å². The van der Waals surface area contributed by atoms with Crippen molar-refractivity contribution < 1.29 is 9.59 Å². The summed E-state index contributed by atoms with van der Waals surface area (Å²) in [5.41, 5.74) is -0.698. The molecule has 0 aromatic heterocycles. The Morgan fingerprint density at radius 1 is 1.24 bits per heavy atom. The van der Waals surface area contributed by atoms with Gasteiger partial charge in [0, 0.05) is 10.8 Å². The number of carbonyl (C=O) groups excluding carboxylic acids is 2.